The molecule has 6 heteroatoms. The van der Waals surface area contributed by atoms with Crippen LogP contribution in [0.5, 0.6) is 0 Å². The number of hydrogen-bond donors (Lipinski definition) is 2. The van der Waals surface area contributed by atoms with Crippen LogP contribution in [-0.2, 0) is 4.79 Å². The van der Waals surface area contributed by atoms with Crippen molar-refractivity contribution in [3.8, 4) is 0 Å². The lowest BCUT2D eigenvalue weighted by Crippen LogP contribution is -2.56. The molecule has 0 bridgehead atoms. The molecule has 1 aromatic rings. The molecule has 1 saturated heterocycles. The zero-order valence-electron chi connectivity index (χ0n) is 10.2. The van der Waals surface area contributed by atoms with Crippen LogP contribution >= 0.6 is 34.4 Å². The van der Waals surface area contributed by atoms with Crippen molar-refractivity contribution in [3.63, 3.8) is 0 Å². The molecular weight excluding hydrogens is 377 g/mol. The summed E-state index contributed by atoms with van der Waals surface area (Å²) in [5.41, 5.74) is -0.602. The van der Waals surface area contributed by atoms with Gasteiger partial charge in [-0.3, -0.25) is 4.79 Å². The summed E-state index contributed by atoms with van der Waals surface area (Å²) in [6.45, 7) is 0. The van der Waals surface area contributed by atoms with Gasteiger partial charge < -0.3 is 10.4 Å². The molecular formula is C13H14INO3S. The maximum Gasteiger partial charge on any atom is 0.329 e. The highest BCUT2D eigenvalue weighted by Crippen LogP contribution is 2.27. The van der Waals surface area contributed by atoms with E-state index in [-0.39, 0.29) is 5.91 Å². The molecule has 1 aliphatic rings. The number of thioether (sulfide) groups is 1. The number of carbonyl (C=O) groups excluding carboxylic acids is 1. The number of carboxylic acid groups (broad SMARTS) is 1. The van der Waals surface area contributed by atoms with Gasteiger partial charge in [-0.05, 0) is 65.1 Å². The highest BCUT2D eigenvalue weighted by Gasteiger charge is 2.41. The zero-order chi connectivity index (χ0) is 13.9. The third kappa shape index (κ3) is 3.42. The van der Waals surface area contributed by atoms with Crippen LogP contribution in [0.4, 0.5) is 0 Å². The van der Waals surface area contributed by atoms with Crippen molar-refractivity contribution in [2.24, 2.45) is 0 Å². The zero-order valence-corrected chi connectivity index (χ0v) is 13.2. The van der Waals surface area contributed by atoms with Crippen LogP contribution < -0.4 is 5.32 Å². The molecule has 2 rings (SSSR count). The second-order valence-corrected chi connectivity index (χ2v) is 6.93. The summed E-state index contributed by atoms with van der Waals surface area (Å²) in [6, 6.07) is 7.13. The fourth-order valence-corrected chi connectivity index (χ4v) is 3.76. The monoisotopic (exact) mass is 391 g/mol. The standard InChI is InChI=1S/C13H14INO3S/c14-10-3-1-2-9(8-10)11(16)15-13(12(17)18)4-6-19-7-5-13/h1-3,8H,4-7H2,(H,15,16)(H,17,18). The number of carboxylic acids is 1. The van der Waals surface area contributed by atoms with Crippen LogP contribution in [-0.4, -0.2) is 34.0 Å². The summed E-state index contributed by atoms with van der Waals surface area (Å²) in [5.74, 6) is 0.275. The van der Waals surface area contributed by atoms with Crippen molar-refractivity contribution in [1.29, 1.82) is 0 Å². The highest BCUT2D eigenvalue weighted by atomic mass is 127. The van der Waals surface area contributed by atoms with Crippen LogP contribution in [0.3, 0.4) is 0 Å². The molecule has 0 unspecified atom stereocenters. The Morgan fingerprint density at radius 3 is 2.58 bits per heavy atom. The Labute approximate surface area is 129 Å². The molecule has 1 heterocycles. The second kappa shape index (κ2) is 6.13. The van der Waals surface area contributed by atoms with Gasteiger partial charge in [0.2, 0.25) is 0 Å². The molecule has 0 aromatic heterocycles. The van der Waals surface area contributed by atoms with Crippen molar-refractivity contribution < 1.29 is 14.7 Å². The van der Waals surface area contributed by atoms with Gasteiger partial charge in [0.05, 0.1) is 0 Å². The topological polar surface area (TPSA) is 66.4 Å². The Morgan fingerprint density at radius 1 is 1.32 bits per heavy atom. The van der Waals surface area contributed by atoms with E-state index in [1.165, 1.54) is 0 Å². The molecule has 102 valence electrons. The van der Waals surface area contributed by atoms with E-state index in [4.69, 9.17) is 0 Å². The van der Waals surface area contributed by atoms with Crippen molar-refractivity contribution in [2.75, 3.05) is 11.5 Å². The number of rotatable bonds is 3. The lowest BCUT2D eigenvalue weighted by molar-refractivity contribution is -0.144. The summed E-state index contributed by atoms with van der Waals surface area (Å²) in [6.07, 6.45) is 0.950. The molecule has 2 N–H and O–H groups in total. The fourth-order valence-electron chi connectivity index (χ4n) is 2.03. The number of nitrogens with one attached hydrogen (secondary N) is 1. The van der Waals surface area contributed by atoms with E-state index in [2.05, 4.69) is 27.9 Å². The molecule has 0 saturated carbocycles. The van der Waals surface area contributed by atoms with E-state index in [0.29, 0.717) is 18.4 Å². The van der Waals surface area contributed by atoms with Gasteiger partial charge in [-0.15, -0.1) is 0 Å². The van der Waals surface area contributed by atoms with Crippen molar-refractivity contribution in [1.82, 2.24) is 5.32 Å². The van der Waals surface area contributed by atoms with Gasteiger partial charge in [-0.25, -0.2) is 4.79 Å². The van der Waals surface area contributed by atoms with E-state index in [0.717, 1.165) is 15.1 Å². The van der Waals surface area contributed by atoms with Crippen molar-refractivity contribution >= 4 is 46.2 Å². The number of hydrogen-bond acceptors (Lipinski definition) is 3. The SMILES string of the molecule is O=C(NC1(C(=O)O)CCSCC1)c1cccc(I)c1. The molecule has 0 aliphatic carbocycles. The minimum atomic E-state index is -1.11. The smallest absolute Gasteiger partial charge is 0.329 e. The first kappa shape index (κ1) is 14.6. The van der Waals surface area contributed by atoms with Gasteiger partial charge in [0.15, 0.2) is 0 Å². The van der Waals surface area contributed by atoms with E-state index >= 15 is 0 Å². The van der Waals surface area contributed by atoms with Crippen LogP contribution in [0.25, 0.3) is 0 Å². The Hall–Kier alpha value is -0.760. The number of aliphatic carboxylic acids is 1. The van der Waals surface area contributed by atoms with Crippen LogP contribution in [0, 0.1) is 3.57 Å². The third-order valence-corrected chi connectivity index (χ3v) is 4.85. The number of benzene rings is 1. The minimum absolute atomic E-state index is 0.312. The normalized spacial score (nSPS) is 17.7. The molecule has 1 fully saturated rings. The summed E-state index contributed by atoms with van der Waals surface area (Å²) in [4.78, 5) is 23.7. The van der Waals surface area contributed by atoms with Gasteiger partial charge >= 0.3 is 5.97 Å². The maximum absolute atomic E-state index is 12.2. The molecule has 1 aliphatic heterocycles. The van der Waals surface area contributed by atoms with Crippen molar-refractivity contribution in [2.45, 2.75) is 18.4 Å². The molecule has 4 nitrogen and oxygen atoms in total. The molecule has 1 amide bonds. The second-order valence-electron chi connectivity index (χ2n) is 4.46. The van der Waals surface area contributed by atoms with E-state index < -0.39 is 11.5 Å². The Bertz CT molecular complexity index is 500. The first-order valence-corrected chi connectivity index (χ1v) is 8.16. The predicted molar refractivity (Wildman–Crippen MR) is 83.6 cm³/mol. The first-order valence-electron chi connectivity index (χ1n) is 5.93. The van der Waals surface area contributed by atoms with Crippen LogP contribution in [0.1, 0.15) is 23.2 Å². The minimum Gasteiger partial charge on any atom is -0.480 e. The van der Waals surface area contributed by atoms with Crippen LogP contribution in [0.15, 0.2) is 24.3 Å². The lowest BCUT2D eigenvalue weighted by atomic mass is 9.92. The fraction of sp³-hybridized carbons (Fsp3) is 0.385. The van der Waals surface area contributed by atoms with Gasteiger partial charge in [-0.2, -0.15) is 11.8 Å². The molecule has 0 radical (unpaired) electrons. The number of halogens is 1. The third-order valence-electron chi connectivity index (χ3n) is 3.20. The molecule has 0 atom stereocenters. The van der Waals surface area contributed by atoms with Crippen LogP contribution in [0.2, 0.25) is 0 Å². The number of carbonyl (C=O) groups is 2. The summed E-state index contributed by atoms with van der Waals surface area (Å²) in [5, 5.41) is 12.1. The van der Waals surface area contributed by atoms with Gasteiger partial charge in [-0.1, -0.05) is 6.07 Å². The highest BCUT2D eigenvalue weighted by molar-refractivity contribution is 14.1. The average Bonchev–Trinajstić information content (AvgIpc) is 2.39. The molecule has 0 spiro atoms. The molecule has 1 aromatic carbocycles. The van der Waals surface area contributed by atoms with Gasteiger partial charge in [0.1, 0.15) is 5.54 Å². The predicted octanol–water partition coefficient (Wildman–Crippen LogP) is 2.37. The largest absolute Gasteiger partial charge is 0.480 e. The first-order chi connectivity index (χ1) is 9.03. The molecule has 19 heavy (non-hydrogen) atoms. The maximum atomic E-state index is 12.2. The summed E-state index contributed by atoms with van der Waals surface area (Å²) >= 11 is 3.85. The summed E-state index contributed by atoms with van der Waals surface area (Å²) < 4.78 is 0.953. The Kier molecular flexibility index (Phi) is 4.72. The summed E-state index contributed by atoms with van der Waals surface area (Å²) in [7, 11) is 0. The quantitative estimate of drug-likeness (QED) is 0.777. The average molecular weight is 391 g/mol. The van der Waals surface area contributed by atoms with Crippen molar-refractivity contribution in [3.05, 3.63) is 33.4 Å². The van der Waals surface area contributed by atoms with E-state index in [1.54, 1.807) is 30.0 Å². The number of amides is 1. The van der Waals surface area contributed by atoms with Gasteiger partial charge in [0, 0.05) is 9.13 Å². The van der Waals surface area contributed by atoms with E-state index in [1.807, 2.05) is 6.07 Å². The Balaban J connectivity index is 2.18. The Morgan fingerprint density at radius 2 is 2.00 bits per heavy atom. The van der Waals surface area contributed by atoms with Gasteiger partial charge in [0.25, 0.3) is 5.91 Å². The lowest BCUT2D eigenvalue weighted by Gasteiger charge is -2.33. The van der Waals surface area contributed by atoms with E-state index in [9.17, 15) is 14.7 Å².